The molecule has 2 nitrogen and oxygen atoms in total. The van der Waals surface area contributed by atoms with Crippen molar-refractivity contribution in [2.75, 3.05) is 0 Å². The molecule has 0 unspecified atom stereocenters. The molecule has 0 fully saturated rings. The summed E-state index contributed by atoms with van der Waals surface area (Å²) < 4.78 is 1.11. The van der Waals surface area contributed by atoms with Crippen molar-refractivity contribution in [1.82, 2.24) is 4.98 Å². The smallest absolute Gasteiger partial charge is 0.231 e. The van der Waals surface area contributed by atoms with Gasteiger partial charge in [0.25, 0.3) is 0 Å². The molecule has 1 rings (SSSR count). The van der Waals surface area contributed by atoms with Gasteiger partial charge in [-0.25, -0.2) is 4.98 Å². The highest BCUT2D eigenvalue weighted by atomic mass is 79.9. The molecule has 0 radical (unpaired) electrons. The van der Waals surface area contributed by atoms with Crippen LogP contribution in [-0.2, 0) is 0 Å². The Bertz CT molecular complexity index is 314. The van der Waals surface area contributed by atoms with E-state index in [-0.39, 0.29) is 4.69 Å². The predicted octanol–water partition coefficient (Wildman–Crippen LogP) is 3.45. The van der Waals surface area contributed by atoms with Gasteiger partial charge in [-0.05, 0) is 60.8 Å². The molecule has 0 aliphatic carbocycles. The normalized spacial score (nSPS) is 10.0. The topological polar surface area (TPSA) is 30.0 Å². The molecule has 0 aliphatic heterocycles. The van der Waals surface area contributed by atoms with E-state index < -0.39 is 0 Å². The lowest BCUT2D eigenvalue weighted by Gasteiger charge is -2.02. The van der Waals surface area contributed by atoms with Gasteiger partial charge in [-0.15, -0.1) is 0 Å². The third-order valence-corrected chi connectivity index (χ3v) is 2.85. The Morgan fingerprint density at radius 1 is 1.50 bits per heavy atom. The van der Waals surface area contributed by atoms with E-state index in [1.165, 1.54) is 0 Å². The first-order chi connectivity index (χ1) is 5.52. The molecule has 0 N–H and O–H groups in total. The van der Waals surface area contributed by atoms with E-state index in [4.69, 9.17) is 0 Å². The van der Waals surface area contributed by atoms with Crippen LogP contribution in [0, 0.1) is 6.92 Å². The van der Waals surface area contributed by atoms with Crippen molar-refractivity contribution in [1.29, 1.82) is 0 Å². The third-order valence-electron chi connectivity index (χ3n) is 1.25. The summed E-state index contributed by atoms with van der Waals surface area (Å²) in [4.78, 5) is 15.1. The van der Waals surface area contributed by atoms with Gasteiger partial charge < -0.3 is 0 Å². The van der Waals surface area contributed by atoms with E-state index in [1.54, 1.807) is 6.07 Å². The molecule has 0 saturated carbocycles. The lowest BCUT2D eigenvalue weighted by Crippen LogP contribution is -1.96. The lowest BCUT2D eigenvalue weighted by molar-refractivity contribution is 0.109. The van der Waals surface area contributed by atoms with Crippen LogP contribution in [0.5, 0.6) is 0 Å². The molecule has 0 amide bonds. The summed E-state index contributed by atoms with van der Waals surface area (Å²) >= 11 is 9.35. The Balaban J connectivity index is 3.38. The standard InChI is InChI=1S/C7H4Br3NO/c1-3-2-4(8)5(7(10)12)6(9)11-3/h2H,1H3. The predicted molar refractivity (Wildman–Crippen MR) is 57.6 cm³/mol. The van der Waals surface area contributed by atoms with Crippen molar-refractivity contribution in [2.24, 2.45) is 0 Å². The molecular formula is C7H4Br3NO. The van der Waals surface area contributed by atoms with Gasteiger partial charge >= 0.3 is 0 Å². The molecule has 1 aromatic rings. The van der Waals surface area contributed by atoms with Crippen molar-refractivity contribution in [3.05, 3.63) is 26.4 Å². The number of rotatable bonds is 1. The molecule has 0 aromatic carbocycles. The van der Waals surface area contributed by atoms with Gasteiger partial charge in [-0.2, -0.15) is 0 Å². The second kappa shape index (κ2) is 3.98. The molecule has 0 aliphatic rings. The highest BCUT2D eigenvalue weighted by Crippen LogP contribution is 2.26. The number of aryl methyl sites for hydroxylation is 1. The molecule has 0 spiro atoms. The Morgan fingerprint density at radius 3 is 2.50 bits per heavy atom. The summed E-state index contributed by atoms with van der Waals surface area (Å²) in [6, 6.07) is 1.79. The number of hydrogen-bond donors (Lipinski definition) is 0. The van der Waals surface area contributed by atoms with Crippen LogP contribution in [-0.4, -0.2) is 9.68 Å². The van der Waals surface area contributed by atoms with E-state index in [2.05, 4.69) is 52.8 Å². The average molecular weight is 358 g/mol. The summed E-state index contributed by atoms with van der Waals surface area (Å²) in [6.45, 7) is 1.86. The van der Waals surface area contributed by atoms with Gasteiger partial charge in [0.15, 0.2) is 0 Å². The number of hydrogen-bond acceptors (Lipinski definition) is 2. The Morgan fingerprint density at radius 2 is 2.08 bits per heavy atom. The van der Waals surface area contributed by atoms with Crippen molar-refractivity contribution < 1.29 is 4.79 Å². The summed E-state index contributed by atoms with van der Waals surface area (Å²) in [5.41, 5.74) is 1.37. The SMILES string of the molecule is Cc1cc(Br)c(C(=O)Br)c(Br)n1. The lowest BCUT2D eigenvalue weighted by atomic mass is 10.3. The van der Waals surface area contributed by atoms with Crippen LogP contribution in [0.3, 0.4) is 0 Å². The minimum atomic E-state index is -0.186. The zero-order valence-corrected chi connectivity index (χ0v) is 10.8. The van der Waals surface area contributed by atoms with Gasteiger partial charge in [0.05, 0.1) is 5.56 Å². The van der Waals surface area contributed by atoms with Gasteiger partial charge in [-0.3, -0.25) is 4.79 Å². The zero-order chi connectivity index (χ0) is 9.30. The molecule has 64 valence electrons. The minimum Gasteiger partial charge on any atom is -0.281 e. The molecule has 1 aromatic heterocycles. The summed E-state index contributed by atoms with van der Waals surface area (Å²) in [5.74, 6) is 0. The quantitative estimate of drug-likeness (QED) is 0.569. The average Bonchev–Trinajstić information content (AvgIpc) is 1.82. The minimum absolute atomic E-state index is 0.186. The first-order valence-electron chi connectivity index (χ1n) is 3.05. The van der Waals surface area contributed by atoms with Crippen LogP contribution >= 0.6 is 47.8 Å². The number of aromatic nitrogens is 1. The monoisotopic (exact) mass is 355 g/mol. The Hall–Kier alpha value is 0.260. The first-order valence-corrected chi connectivity index (χ1v) is 5.42. The summed E-state index contributed by atoms with van der Waals surface area (Å²) in [6.07, 6.45) is 0. The number of pyridine rings is 1. The highest BCUT2D eigenvalue weighted by molar-refractivity contribution is 9.18. The fraction of sp³-hybridized carbons (Fsp3) is 0.143. The second-order valence-corrected chi connectivity index (χ2v) is 4.51. The molecular weight excluding hydrogens is 354 g/mol. The van der Waals surface area contributed by atoms with Crippen LogP contribution in [0.25, 0.3) is 0 Å². The number of halogens is 3. The molecule has 0 saturated heterocycles. The van der Waals surface area contributed by atoms with Crippen molar-refractivity contribution in [3.8, 4) is 0 Å². The van der Waals surface area contributed by atoms with Crippen molar-refractivity contribution >= 4 is 52.5 Å². The highest BCUT2D eigenvalue weighted by Gasteiger charge is 2.12. The van der Waals surface area contributed by atoms with Crippen LogP contribution in [0.1, 0.15) is 16.1 Å². The van der Waals surface area contributed by atoms with Crippen LogP contribution < -0.4 is 0 Å². The fourth-order valence-corrected chi connectivity index (χ4v) is 3.34. The van der Waals surface area contributed by atoms with E-state index in [0.717, 1.165) is 10.2 Å². The molecule has 0 bridgehead atoms. The van der Waals surface area contributed by atoms with Crippen LogP contribution in [0.15, 0.2) is 15.1 Å². The maximum absolute atomic E-state index is 11.0. The fourth-order valence-electron chi connectivity index (χ4n) is 0.772. The molecule has 0 atom stereocenters. The van der Waals surface area contributed by atoms with Crippen molar-refractivity contribution in [2.45, 2.75) is 6.92 Å². The van der Waals surface area contributed by atoms with Gasteiger partial charge in [0.1, 0.15) is 4.60 Å². The van der Waals surface area contributed by atoms with E-state index in [9.17, 15) is 4.79 Å². The maximum Gasteiger partial charge on any atom is 0.231 e. The third kappa shape index (κ3) is 2.14. The summed E-state index contributed by atoms with van der Waals surface area (Å²) in [5, 5.41) is 0. The van der Waals surface area contributed by atoms with Gasteiger partial charge in [0.2, 0.25) is 4.69 Å². The first kappa shape index (κ1) is 10.3. The van der Waals surface area contributed by atoms with Gasteiger partial charge in [-0.1, -0.05) is 0 Å². The van der Waals surface area contributed by atoms with Crippen molar-refractivity contribution in [3.63, 3.8) is 0 Å². The molecule has 12 heavy (non-hydrogen) atoms. The Labute approximate surface area is 95.1 Å². The largest absolute Gasteiger partial charge is 0.281 e. The van der Waals surface area contributed by atoms with Gasteiger partial charge in [0, 0.05) is 10.2 Å². The van der Waals surface area contributed by atoms with Crippen LogP contribution in [0.4, 0.5) is 0 Å². The number of nitrogens with zero attached hydrogens (tertiary/aromatic N) is 1. The zero-order valence-electron chi connectivity index (χ0n) is 6.07. The number of carbonyl (C=O) groups excluding carboxylic acids is 1. The van der Waals surface area contributed by atoms with E-state index in [0.29, 0.717) is 10.2 Å². The molecule has 5 heteroatoms. The van der Waals surface area contributed by atoms with E-state index >= 15 is 0 Å². The maximum atomic E-state index is 11.0. The second-order valence-electron chi connectivity index (χ2n) is 2.18. The summed E-state index contributed by atoms with van der Waals surface area (Å²) in [7, 11) is 0. The van der Waals surface area contributed by atoms with Crippen LogP contribution in [0.2, 0.25) is 0 Å². The van der Waals surface area contributed by atoms with E-state index in [1.807, 2.05) is 6.92 Å². The Kier molecular flexibility index (Phi) is 3.43. The molecule has 1 heterocycles. The number of carbonyl (C=O) groups is 1.